The smallest absolute Gasteiger partial charge is 0.233 e. The van der Waals surface area contributed by atoms with E-state index >= 15 is 0 Å². The number of rotatable bonds is 6. The lowest BCUT2D eigenvalue weighted by molar-refractivity contribution is -0.130. The predicted molar refractivity (Wildman–Crippen MR) is 95.8 cm³/mol. The molecule has 1 amide bonds. The molecule has 0 aliphatic heterocycles. The minimum absolute atomic E-state index is 0.103. The van der Waals surface area contributed by atoms with E-state index in [9.17, 15) is 4.79 Å². The minimum Gasteiger partial charge on any atom is -0.335 e. The van der Waals surface area contributed by atoms with E-state index in [2.05, 4.69) is 10.2 Å². The average molecular weight is 340 g/mol. The van der Waals surface area contributed by atoms with Crippen LogP contribution in [0.3, 0.4) is 0 Å². The second-order valence-corrected chi connectivity index (χ2v) is 6.74. The van der Waals surface area contributed by atoms with Gasteiger partial charge in [0, 0.05) is 18.8 Å². The summed E-state index contributed by atoms with van der Waals surface area (Å²) in [6.07, 6.45) is 1.91. The lowest BCUT2D eigenvalue weighted by atomic mass is 10.2. The summed E-state index contributed by atoms with van der Waals surface area (Å²) in [7, 11) is 0. The molecule has 0 fully saturated rings. The van der Waals surface area contributed by atoms with Gasteiger partial charge in [0.25, 0.3) is 0 Å². The number of thioether (sulfide) groups is 1. The molecule has 0 aliphatic rings. The number of aromatic nitrogens is 3. The first-order valence-corrected chi connectivity index (χ1v) is 8.89. The molecule has 24 heavy (non-hydrogen) atoms. The summed E-state index contributed by atoms with van der Waals surface area (Å²) in [5, 5.41) is 9.01. The van der Waals surface area contributed by atoms with Crippen molar-refractivity contribution >= 4 is 23.3 Å². The Morgan fingerprint density at radius 2 is 1.88 bits per heavy atom. The molecule has 2 aromatic heterocycles. The summed E-state index contributed by atoms with van der Waals surface area (Å²) in [5.74, 6) is 0.451. The van der Waals surface area contributed by atoms with Crippen molar-refractivity contribution in [2.24, 2.45) is 0 Å². The van der Waals surface area contributed by atoms with Gasteiger partial charge in [-0.25, -0.2) is 0 Å². The Balaban J connectivity index is 1.67. The Hall–Kier alpha value is -2.34. The molecule has 6 heteroatoms. The third-order valence-corrected chi connectivity index (χ3v) is 4.67. The van der Waals surface area contributed by atoms with E-state index in [1.54, 1.807) is 0 Å². The van der Waals surface area contributed by atoms with Gasteiger partial charge in [-0.1, -0.05) is 48.2 Å². The summed E-state index contributed by atoms with van der Waals surface area (Å²) in [6.45, 7) is 4.70. The molecule has 2 heterocycles. The van der Waals surface area contributed by atoms with Crippen LogP contribution in [0, 0.1) is 0 Å². The van der Waals surface area contributed by atoms with Crippen LogP contribution >= 0.6 is 11.8 Å². The molecule has 3 aromatic rings. The van der Waals surface area contributed by atoms with Gasteiger partial charge in [0.2, 0.25) is 5.91 Å². The average Bonchev–Trinajstić information content (AvgIpc) is 3.01. The Kier molecular flexibility index (Phi) is 5.15. The van der Waals surface area contributed by atoms with Crippen molar-refractivity contribution in [3.8, 4) is 0 Å². The number of carbonyl (C=O) groups excluding carboxylic acids is 1. The van der Waals surface area contributed by atoms with Gasteiger partial charge in [0.1, 0.15) is 0 Å². The van der Waals surface area contributed by atoms with Crippen LogP contribution in [-0.2, 0) is 11.3 Å². The molecule has 1 aromatic carbocycles. The molecule has 5 nitrogen and oxygen atoms in total. The molecule has 0 saturated carbocycles. The van der Waals surface area contributed by atoms with Crippen molar-refractivity contribution < 1.29 is 4.79 Å². The second kappa shape index (κ2) is 7.49. The Morgan fingerprint density at radius 1 is 1.12 bits per heavy atom. The highest BCUT2D eigenvalue weighted by atomic mass is 32.2. The first kappa shape index (κ1) is 16.5. The topological polar surface area (TPSA) is 50.5 Å². The zero-order valence-electron chi connectivity index (χ0n) is 13.8. The van der Waals surface area contributed by atoms with E-state index in [4.69, 9.17) is 0 Å². The summed E-state index contributed by atoms with van der Waals surface area (Å²) < 4.78 is 1.90. The van der Waals surface area contributed by atoms with E-state index in [0.717, 1.165) is 16.4 Å². The summed E-state index contributed by atoms with van der Waals surface area (Å²) in [6, 6.07) is 16.0. The number of benzene rings is 1. The quantitative estimate of drug-likeness (QED) is 0.646. The first-order chi connectivity index (χ1) is 11.6. The Bertz CT molecular complexity index is 816. The fourth-order valence-corrected chi connectivity index (χ4v) is 3.28. The third kappa shape index (κ3) is 3.76. The Labute approximate surface area is 145 Å². The van der Waals surface area contributed by atoms with Crippen LogP contribution in [0.2, 0.25) is 0 Å². The molecule has 0 unspecified atom stereocenters. The molecule has 0 saturated heterocycles. The maximum absolute atomic E-state index is 12.7. The van der Waals surface area contributed by atoms with Crippen LogP contribution in [0.5, 0.6) is 0 Å². The highest BCUT2D eigenvalue weighted by Crippen LogP contribution is 2.18. The maximum Gasteiger partial charge on any atom is 0.233 e. The third-order valence-electron chi connectivity index (χ3n) is 3.75. The number of carbonyl (C=O) groups is 1. The normalized spacial score (nSPS) is 11.1. The van der Waals surface area contributed by atoms with Crippen LogP contribution in [-0.4, -0.2) is 37.2 Å². The first-order valence-electron chi connectivity index (χ1n) is 7.91. The van der Waals surface area contributed by atoms with Crippen molar-refractivity contribution in [1.82, 2.24) is 19.5 Å². The monoisotopic (exact) mass is 340 g/mol. The van der Waals surface area contributed by atoms with Gasteiger partial charge in [0.15, 0.2) is 10.8 Å². The largest absolute Gasteiger partial charge is 0.335 e. The van der Waals surface area contributed by atoms with Gasteiger partial charge < -0.3 is 4.90 Å². The molecule has 124 valence electrons. The van der Waals surface area contributed by atoms with Crippen LogP contribution in [0.4, 0.5) is 0 Å². The molecule has 0 atom stereocenters. The summed E-state index contributed by atoms with van der Waals surface area (Å²) in [4.78, 5) is 14.6. The van der Waals surface area contributed by atoms with Crippen molar-refractivity contribution in [3.63, 3.8) is 0 Å². The fourth-order valence-electron chi connectivity index (χ4n) is 2.47. The lowest BCUT2D eigenvalue weighted by Gasteiger charge is -2.26. The molecule has 0 spiro atoms. The summed E-state index contributed by atoms with van der Waals surface area (Å²) >= 11 is 1.42. The van der Waals surface area contributed by atoms with E-state index in [0.29, 0.717) is 12.3 Å². The standard InChI is InChI=1S/C18H20N4OS/c1-14(2)22(12-15-8-4-3-5-9-15)17(23)13-24-18-20-19-16-10-6-7-11-21(16)18/h3-11,14H,12-13H2,1-2H3. The number of hydrogen-bond donors (Lipinski definition) is 0. The van der Waals surface area contributed by atoms with Crippen LogP contribution in [0.25, 0.3) is 5.65 Å². The number of hydrogen-bond acceptors (Lipinski definition) is 4. The van der Waals surface area contributed by atoms with Gasteiger partial charge in [-0.15, -0.1) is 10.2 Å². The molecular formula is C18H20N4OS. The highest BCUT2D eigenvalue weighted by molar-refractivity contribution is 7.99. The second-order valence-electron chi connectivity index (χ2n) is 5.80. The fraction of sp³-hybridized carbons (Fsp3) is 0.278. The zero-order valence-corrected chi connectivity index (χ0v) is 14.6. The van der Waals surface area contributed by atoms with Crippen molar-refractivity contribution in [3.05, 3.63) is 60.3 Å². The molecule has 0 aliphatic carbocycles. The van der Waals surface area contributed by atoms with Gasteiger partial charge in [-0.2, -0.15) is 0 Å². The lowest BCUT2D eigenvalue weighted by Crippen LogP contribution is -2.37. The molecule has 0 radical (unpaired) electrons. The number of amides is 1. The maximum atomic E-state index is 12.7. The Morgan fingerprint density at radius 3 is 2.62 bits per heavy atom. The highest BCUT2D eigenvalue weighted by Gasteiger charge is 2.18. The number of fused-ring (bicyclic) bond motifs is 1. The van der Waals surface area contributed by atoms with E-state index in [1.165, 1.54) is 11.8 Å². The molecule has 0 N–H and O–H groups in total. The van der Waals surface area contributed by atoms with Gasteiger partial charge in [-0.3, -0.25) is 9.20 Å². The van der Waals surface area contributed by atoms with E-state index in [1.807, 2.05) is 77.9 Å². The molecule has 0 bridgehead atoms. The van der Waals surface area contributed by atoms with E-state index < -0.39 is 0 Å². The molecular weight excluding hydrogens is 320 g/mol. The van der Waals surface area contributed by atoms with Crippen molar-refractivity contribution in [2.75, 3.05) is 5.75 Å². The van der Waals surface area contributed by atoms with Gasteiger partial charge >= 0.3 is 0 Å². The van der Waals surface area contributed by atoms with Crippen molar-refractivity contribution in [1.29, 1.82) is 0 Å². The number of pyridine rings is 1. The number of nitrogens with zero attached hydrogens (tertiary/aromatic N) is 4. The predicted octanol–water partition coefficient (Wildman–Crippen LogP) is 3.26. The SMILES string of the molecule is CC(C)N(Cc1ccccc1)C(=O)CSc1nnc2ccccn12. The molecule has 3 rings (SSSR count). The van der Waals surface area contributed by atoms with Crippen LogP contribution in [0.1, 0.15) is 19.4 Å². The van der Waals surface area contributed by atoms with Crippen LogP contribution < -0.4 is 0 Å². The zero-order chi connectivity index (χ0) is 16.9. The van der Waals surface area contributed by atoms with Gasteiger partial charge in [-0.05, 0) is 31.5 Å². The summed E-state index contributed by atoms with van der Waals surface area (Å²) in [5.41, 5.74) is 1.93. The van der Waals surface area contributed by atoms with Crippen molar-refractivity contribution in [2.45, 2.75) is 31.6 Å². The van der Waals surface area contributed by atoms with Gasteiger partial charge in [0.05, 0.1) is 5.75 Å². The van der Waals surface area contributed by atoms with Crippen LogP contribution in [0.15, 0.2) is 59.9 Å². The van der Waals surface area contributed by atoms with E-state index in [-0.39, 0.29) is 11.9 Å². The minimum atomic E-state index is 0.103.